The van der Waals surface area contributed by atoms with Crippen LogP contribution in [0.5, 0.6) is 0 Å². The van der Waals surface area contributed by atoms with E-state index >= 15 is 0 Å². The van der Waals surface area contributed by atoms with Gasteiger partial charge >= 0.3 is 0 Å². The van der Waals surface area contributed by atoms with E-state index in [1.807, 2.05) is 0 Å². The van der Waals surface area contributed by atoms with Crippen LogP contribution >= 0.6 is 0 Å². The van der Waals surface area contributed by atoms with Crippen molar-refractivity contribution >= 4 is 11.6 Å². The lowest BCUT2D eigenvalue weighted by atomic mass is 10.0. The number of ketones is 2. The highest BCUT2D eigenvalue weighted by Gasteiger charge is 2.16. The van der Waals surface area contributed by atoms with Crippen LogP contribution in [-0.2, 0) is 11.8 Å². The lowest BCUT2D eigenvalue weighted by molar-refractivity contribution is -0.121. The van der Waals surface area contributed by atoms with Crippen molar-refractivity contribution in [1.29, 1.82) is 0 Å². The number of hydrogen-bond donors (Lipinski definition) is 0. The molecule has 0 aliphatic heterocycles. The second-order valence-electron chi connectivity index (χ2n) is 3.44. The van der Waals surface area contributed by atoms with Crippen molar-refractivity contribution in [2.24, 2.45) is 13.0 Å². The number of carbonyl (C=O) groups excluding carboxylic acids is 2. The Morgan fingerprint density at radius 3 is 2.57 bits per heavy atom. The summed E-state index contributed by atoms with van der Waals surface area (Å²) in [5, 5.41) is 7.59. The third kappa shape index (κ3) is 2.48. The number of Topliss-reactive ketones (excluding diaryl/α,β-unsaturated/α-hetero) is 2. The third-order valence-corrected chi connectivity index (χ3v) is 1.86. The summed E-state index contributed by atoms with van der Waals surface area (Å²) in [6, 6.07) is 0. The number of carbonyl (C=O) groups is 2. The molecule has 0 radical (unpaired) electrons. The van der Waals surface area contributed by atoms with Crippen molar-refractivity contribution in [2.75, 3.05) is 0 Å². The molecule has 5 heteroatoms. The van der Waals surface area contributed by atoms with Crippen LogP contribution in [-0.4, -0.2) is 26.6 Å². The Hall–Kier alpha value is -1.52. The largest absolute Gasteiger partial charge is 0.299 e. The van der Waals surface area contributed by atoms with Crippen LogP contribution in [0, 0.1) is 5.92 Å². The van der Waals surface area contributed by atoms with Gasteiger partial charge in [0.1, 0.15) is 11.5 Å². The SMILES string of the molecule is CC(C)C(=O)CC(=O)c1cnn(C)n1. The average Bonchev–Trinajstić information content (AvgIpc) is 2.51. The summed E-state index contributed by atoms with van der Waals surface area (Å²) in [5.74, 6) is -0.451. The van der Waals surface area contributed by atoms with Gasteiger partial charge in [-0.25, -0.2) is 0 Å². The van der Waals surface area contributed by atoms with E-state index in [4.69, 9.17) is 0 Å². The fourth-order valence-electron chi connectivity index (χ4n) is 0.926. The van der Waals surface area contributed by atoms with E-state index in [1.54, 1.807) is 20.9 Å². The molecule has 0 atom stereocenters. The first-order chi connectivity index (χ1) is 6.50. The molecule has 0 saturated heterocycles. The lowest BCUT2D eigenvalue weighted by Gasteiger charge is -2.00. The molecule has 0 unspecified atom stereocenters. The van der Waals surface area contributed by atoms with E-state index in [0.29, 0.717) is 0 Å². The van der Waals surface area contributed by atoms with Crippen molar-refractivity contribution in [3.8, 4) is 0 Å². The summed E-state index contributed by atoms with van der Waals surface area (Å²) in [7, 11) is 1.63. The fraction of sp³-hybridized carbons (Fsp3) is 0.556. The maximum atomic E-state index is 11.4. The second-order valence-corrected chi connectivity index (χ2v) is 3.44. The molecule has 76 valence electrons. The molecule has 0 aromatic carbocycles. The Balaban J connectivity index is 2.64. The summed E-state index contributed by atoms with van der Waals surface area (Å²) in [4.78, 5) is 24.0. The van der Waals surface area contributed by atoms with Crippen LogP contribution in [0.15, 0.2) is 6.20 Å². The predicted octanol–water partition coefficient (Wildman–Crippen LogP) is 0.613. The molecule has 1 aromatic rings. The van der Waals surface area contributed by atoms with E-state index < -0.39 is 0 Å². The Labute approximate surface area is 82.1 Å². The second kappa shape index (κ2) is 4.13. The molecule has 1 aromatic heterocycles. The van der Waals surface area contributed by atoms with Crippen molar-refractivity contribution < 1.29 is 9.59 Å². The number of hydrogen-bond acceptors (Lipinski definition) is 4. The highest BCUT2D eigenvalue weighted by atomic mass is 16.1. The standard InChI is InChI=1S/C9H13N3O2/c1-6(2)8(13)4-9(14)7-5-10-12(3)11-7/h5-6H,4H2,1-3H3. The zero-order valence-electron chi connectivity index (χ0n) is 8.52. The van der Waals surface area contributed by atoms with Crippen LogP contribution in [0.2, 0.25) is 0 Å². The van der Waals surface area contributed by atoms with Gasteiger partial charge in [-0.1, -0.05) is 13.8 Å². The van der Waals surface area contributed by atoms with E-state index in [9.17, 15) is 9.59 Å². The van der Waals surface area contributed by atoms with Crippen molar-refractivity contribution in [1.82, 2.24) is 15.0 Å². The van der Waals surface area contributed by atoms with Gasteiger partial charge in [-0.15, -0.1) is 0 Å². The number of nitrogens with zero attached hydrogens (tertiary/aromatic N) is 3. The molecule has 0 spiro atoms. The molecule has 0 bridgehead atoms. The fourth-order valence-corrected chi connectivity index (χ4v) is 0.926. The summed E-state index contributed by atoms with van der Waals surface area (Å²) in [6.07, 6.45) is 1.28. The van der Waals surface area contributed by atoms with Gasteiger partial charge < -0.3 is 0 Å². The Bertz CT molecular complexity index is 355. The quantitative estimate of drug-likeness (QED) is 0.521. The third-order valence-electron chi connectivity index (χ3n) is 1.86. The molecule has 0 aliphatic carbocycles. The van der Waals surface area contributed by atoms with Gasteiger partial charge in [-0.3, -0.25) is 9.59 Å². The maximum absolute atomic E-state index is 11.4. The minimum absolute atomic E-state index is 0.0688. The number of aromatic nitrogens is 3. The maximum Gasteiger partial charge on any atom is 0.192 e. The first kappa shape index (κ1) is 10.6. The minimum atomic E-state index is -0.267. The van der Waals surface area contributed by atoms with Gasteiger partial charge in [-0.05, 0) is 0 Å². The molecule has 14 heavy (non-hydrogen) atoms. The molecule has 0 N–H and O–H groups in total. The van der Waals surface area contributed by atoms with Gasteiger partial charge in [0, 0.05) is 13.0 Å². The van der Waals surface area contributed by atoms with Gasteiger partial charge in [-0.2, -0.15) is 15.0 Å². The van der Waals surface area contributed by atoms with E-state index in [2.05, 4.69) is 10.2 Å². The molecule has 0 amide bonds. The zero-order chi connectivity index (χ0) is 10.7. The van der Waals surface area contributed by atoms with Crippen molar-refractivity contribution in [2.45, 2.75) is 20.3 Å². The first-order valence-corrected chi connectivity index (χ1v) is 4.43. The lowest BCUT2D eigenvalue weighted by Crippen LogP contribution is -2.13. The highest BCUT2D eigenvalue weighted by Crippen LogP contribution is 2.04. The Kier molecular flexibility index (Phi) is 3.11. The molecular weight excluding hydrogens is 182 g/mol. The molecule has 5 nitrogen and oxygen atoms in total. The van der Waals surface area contributed by atoms with Gasteiger partial charge in [0.05, 0.1) is 12.6 Å². The summed E-state index contributed by atoms with van der Waals surface area (Å²) >= 11 is 0. The monoisotopic (exact) mass is 195 g/mol. The minimum Gasteiger partial charge on any atom is -0.299 e. The van der Waals surface area contributed by atoms with E-state index in [1.165, 1.54) is 11.0 Å². The van der Waals surface area contributed by atoms with Crippen LogP contribution in [0.3, 0.4) is 0 Å². The topological polar surface area (TPSA) is 64.8 Å². The predicted molar refractivity (Wildman–Crippen MR) is 49.8 cm³/mol. The normalized spacial score (nSPS) is 10.6. The van der Waals surface area contributed by atoms with Crippen LogP contribution in [0.4, 0.5) is 0 Å². The van der Waals surface area contributed by atoms with Crippen molar-refractivity contribution in [3.63, 3.8) is 0 Å². The van der Waals surface area contributed by atoms with Gasteiger partial charge in [0.25, 0.3) is 0 Å². The summed E-state index contributed by atoms with van der Waals surface area (Å²) in [5.41, 5.74) is 0.251. The zero-order valence-corrected chi connectivity index (χ0v) is 8.52. The van der Waals surface area contributed by atoms with E-state index in [-0.39, 0.29) is 29.6 Å². The first-order valence-electron chi connectivity index (χ1n) is 4.43. The van der Waals surface area contributed by atoms with Gasteiger partial charge in [0.15, 0.2) is 5.78 Å². The molecule has 1 heterocycles. The van der Waals surface area contributed by atoms with Crippen molar-refractivity contribution in [3.05, 3.63) is 11.9 Å². The molecule has 0 aliphatic rings. The molecule has 1 rings (SSSR count). The van der Waals surface area contributed by atoms with Gasteiger partial charge in [0.2, 0.25) is 0 Å². The molecule has 0 saturated carbocycles. The summed E-state index contributed by atoms with van der Waals surface area (Å²) in [6.45, 7) is 3.54. The Morgan fingerprint density at radius 2 is 2.14 bits per heavy atom. The number of aryl methyl sites for hydroxylation is 1. The van der Waals surface area contributed by atoms with Crippen LogP contribution in [0.25, 0.3) is 0 Å². The molecular formula is C9H13N3O2. The number of rotatable bonds is 4. The smallest absolute Gasteiger partial charge is 0.192 e. The van der Waals surface area contributed by atoms with E-state index in [0.717, 1.165) is 0 Å². The van der Waals surface area contributed by atoms with Crippen LogP contribution in [0.1, 0.15) is 30.8 Å². The Morgan fingerprint density at radius 1 is 1.50 bits per heavy atom. The average molecular weight is 195 g/mol. The van der Waals surface area contributed by atoms with Crippen LogP contribution < -0.4 is 0 Å². The molecule has 0 fully saturated rings. The summed E-state index contributed by atoms with van der Waals surface area (Å²) < 4.78 is 0. The highest BCUT2D eigenvalue weighted by molar-refractivity contribution is 6.07.